The fraction of sp³-hybridized carbons (Fsp3) is 0.750. The molecule has 2 aliphatic carbocycles. The van der Waals surface area contributed by atoms with Crippen molar-refractivity contribution in [1.82, 2.24) is 18.9 Å². The van der Waals surface area contributed by atoms with Crippen LogP contribution in [0.25, 0.3) is 0 Å². The summed E-state index contributed by atoms with van der Waals surface area (Å²) in [7, 11) is -1.30. The van der Waals surface area contributed by atoms with Gasteiger partial charge in [-0.3, -0.25) is 24.1 Å². The van der Waals surface area contributed by atoms with Gasteiger partial charge in [0.05, 0.1) is 13.2 Å². The molecule has 1 aromatic heterocycles. The highest BCUT2D eigenvalue weighted by molar-refractivity contribution is 6.76. The number of rotatable bonds is 10. The zero-order valence-electron chi connectivity index (χ0n) is 25.1. The number of nitrogens with zero attached hydrogens (tertiary/aromatic N) is 4. The number of imide groups is 1. The van der Waals surface area contributed by atoms with Gasteiger partial charge >= 0.3 is 11.7 Å². The standard InChI is InChI=1S/C28H44N6O7Si/c1-5-10-31-22(35)20(21(29)30)23(36)33(25(31)38)18-6-8-27(9-7-18)13-19(14-27)34-26(39)32(17-40-11-12-42(2,3)4)24(37)28(34)15-41-16-28/h18-19,35H,5-17H2,1-4H3,(H3,29,30). The fourth-order valence-corrected chi connectivity index (χ4v) is 7.87. The minimum atomic E-state index is -1.30. The Morgan fingerprint density at radius 3 is 2.29 bits per heavy atom. The summed E-state index contributed by atoms with van der Waals surface area (Å²) < 4.78 is 13.5. The number of hydrogen-bond donors (Lipinski definition) is 3. The molecular formula is C28H44N6O7Si. The van der Waals surface area contributed by atoms with Crippen molar-refractivity contribution in [2.24, 2.45) is 11.1 Å². The molecule has 4 aliphatic rings. The number of ether oxygens (including phenoxy) is 2. The van der Waals surface area contributed by atoms with Crippen molar-refractivity contribution in [3.05, 3.63) is 26.4 Å². The van der Waals surface area contributed by atoms with Gasteiger partial charge in [-0.25, -0.2) is 14.5 Å². The molecule has 4 N–H and O–H groups in total. The van der Waals surface area contributed by atoms with Gasteiger partial charge in [-0.1, -0.05) is 26.6 Å². The molecule has 3 amide bonds. The van der Waals surface area contributed by atoms with Crippen molar-refractivity contribution < 1.29 is 24.2 Å². The van der Waals surface area contributed by atoms with Gasteiger partial charge in [0.25, 0.3) is 11.5 Å². The lowest BCUT2D eigenvalue weighted by molar-refractivity contribution is -0.171. The van der Waals surface area contributed by atoms with Gasteiger partial charge in [-0.05, 0) is 56.4 Å². The molecule has 0 aromatic carbocycles. The largest absolute Gasteiger partial charge is 0.494 e. The summed E-state index contributed by atoms with van der Waals surface area (Å²) in [6.07, 6.45) is 4.72. The van der Waals surface area contributed by atoms with E-state index < -0.39 is 36.6 Å². The van der Waals surface area contributed by atoms with Crippen LogP contribution in [-0.4, -0.2) is 88.0 Å². The molecule has 232 valence electrons. The minimum absolute atomic E-state index is 0.0378. The normalized spacial score (nSPS) is 27.0. The molecule has 3 heterocycles. The van der Waals surface area contributed by atoms with Crippen molar-refractivity contribution in [1.29, 1.82) is 5.41 Å². The number of amidine groups is 1. The molecule has 4 fully saturated rings. The van der Waals surface area contributed by atoms with Gasteiger partial charge in [0.15, 0.2) is 5.54 Å². The first kappa shape index (κ1) is 30.5. The number of nitrogen functional groups attached to an aromatic ring is 1. The summed E-state index contributed by atoms with van der Waals surface area (Å²) in [6, 6.07) is 0.179. The molecule has 2 saturated heterocycles. The lowest BCUT2D eigenvalue weighted by Crippen LogP contribution is -2.68. The Bertz CT molecular complexity index is 1380. The molecule has 1 aromatic rings. The third kappa shape index (κ3) is 5.00. The van der Waals surface area contributed by atoms with E-state index in [1.54, 1.807) is 4.90 Å². The van der Waals surface area contributed by atoms with E-state index in [1.807, 2.05) is 6.92 Å². The molecule has 0 radical (unpaired) electrons. The number of carbonyl (C=O) groups is 2. The SMILES string of the molecule is CCCn1c(O)c(C(=N)N)c(=O)n(C2CCC3(CC2)CC(N2C(=O)N(COCC[Si](C)(C)C)C(=O)C24COC4)C3)c1=O. The van der Waals surface area contributed by atoms with E-state index in [9.17, 15) is 24.3 Å². The minimum Gasteiger partial charge on any atom is -0.494 e. The van der Waals surface area contributed by atoms with E-state index >= 15 is 0 Å². The van der Waals surface area contributed by atoms with E-state index in [1.165, 1.54) is 9.47 Å². The number of amides is 3. The highest BCUT2D eigenvalue weighted by Gasteiger charge is 2.66. The second-order valence-corrected chi connectivity index (χ2v) is 19.4. The zero-order chi connectivity index (χ0) is 30.6. The van der Waals surface area contributed by atoms with Crippen LogP contribution < -0.4 is 17.0 Å². The van der Waals surface area contributed by atoms with Crippen LogP contribution >= 0.6 is 0 Å². The van der Waals surface area contributed by atoms with Crippen molar-refractivity contribution in [3.8, 4) is 5.88 Å². The highest BCUT2D eigenvalue weighted by Crippen LogP contribution is 2.57. The van der Waals surface area contributed by atoms with E-state index in [0.717, 1.165) is 36.3 Å². The monoisotopic (exact) mass is 604 g/mol. The first-order chi connectivity index (χ1) is 19.8. The average Bonchev–Trinajstić information content (AvgIpc) is 3.09. The smallest absolute Gasteiger partial charge is 0.334 e. The molecule has 2 spiro atoms. The molecule has 2 saturated carbocycles. The lowest BCUT2D eigenvalue weighted by atomic mass is 9.57. The molecule has 0 atom stereocenters. The van der Waals surface area contributed by atoms with Gasteiger partial charge in [0, 0.05) is 33.3 Å². The van der Waals surface area contributed by atoms with Gasteiger partial charge in [0.2, 0.25) is 5.88 Å². The quantitative estimate of drug-likeness (QED) is 0.120. The number of aromatic nitrogens is 2. The van der Waals surface area contributed by atoms with Crippen LogP contribution in [0.2, 0.25) is 25.7 Å². The lowest BCUT2D eigenvalue weighted by Gasteiger charge is -2.57. The molecule has 13 nitrogen and oxygen atoms in total. The van der Waals surface area contributed by atoms with Crippen LogP contribution in [0.15, 0.2) is 9.59 Å². The summed E-state index contributed by atoms with van der Waals surface area (Å²) in [5.41, 5.74) is 2.97. The molecule has 14 heteroatoms. The maximum atomic E-state index is 13.5. The number of urea groups is 1. The predicted molar refractivity (Wildman–Crippen MR) is 157 cm³/mol. The first-order valence-electron chi connectivity index (χ1n) is 15.0. The van der Waals surface area contributed by atoms with Crippen LogP contribution in [0.4, 0.5) is 4.79 Å². The Labute approximate surface area is 246 Å². The average molecular weight is 605 g/mol. The second kappa shape index (κ2) is 10.9. The summed E-state index contributed by atoms with van der Waals surface area (Å²) in [5, 5.41) is 18.3. The van der Waals surface area contributed by atoms with Crippen molar-refractivity contribution in [2.45, 2.75) is 102 Å². The van der Waals surface area contributed by atoms with Crippen LogP contribution in [-0.2, 0) is 20.8 Å². The van der Waals surface area contributed by atoms with E-state index in [0.29, 0.717) is 25.9 Å². The van der Waals surface area contributed by atoms with E-state index in [4.69, 9.17) is 20.6 Å². The van der Waals surface area contributed by atoms with Crippen molar-refractivity contribution in [2.75, 3.05) is 26.6 Å². The Morgan fingerprint density at radius 1 is 1.12 bits per heavy atom. The summed E-state index contributed by atoms with van der Waals surface area (Å²) in [5.74, 6) is -1.37. The van der Waals surface area contributed by atoms with Gasteiger partial charge in [0.1, 0.15) is 18.1 Å². The number of aromatic hydroxyl groups is 1. The topological polar surface area (TPSA) is 173 Å². The molecule has 2 aliphatic heterocycles. The zero-order valence-corrected chi connectivity index (χ0v) is 26.1. The fourth-order valence-electron chi connectivity index (χ4n) is 7.11. The highest BCUT2D eigenvalue weighted by atomic mass is 28.3. The summed E-state index contributed by atoms with van der Waals surface area (Å²) in [4.78, 5) is 56.3. The molecule has 42 heavy (non-hydrogen) atoms. The Hall–Kier alpha value is -2.97. The Kier molecular flexibility index (Phi) is 7.94. The number of nitrogens with one attached hydrogen (secondary N) is 1. The van der Waals surface area contributed by atoms with Crippen LogP contribution in [0, 0.1) is 10.8 Å². The van der Waals surface area contributed by atoms with Gasteiger partial charge < -0.3 is 25.2 Å². The van der Waals surface area contributed by atoms with Gasteiger partial charge in [-0.2, -0.15) is 0 Å². The van der Waals surface area contributed by atoms with E-state index in [-0.39, 0.29) is 61.5 Å². The maximum absolute atomic E-state index is 13.5. The Balaban J connectivity index is 1.26. The third-order valence-electron chi connectivity index (χ3n) is 9.59. The van der Waals surface area contributed by atoms with Crippen LogP contribution in [0.5, 0.6) is 5.88 Å². The summed E-state index contributed by atoms with van der Waals surface area (Å²) >= 11 is 0. The molecular weight excluding hydrogens is 560 g/mol. The molecule has 0 unspecified atom stereocenters. The molecule has 5 rings (SSSR count). The van der Waals surface area contributed by atoms with Crippen LogP contribution in [0.3, 0.4) is 0 Å². The number of hydrogen-bond acceptors (Lipinski definition) is 8. The number of carbonyl (C=O) groups excluding carboxylic acids is 2. The molecule has 0 bridgehead atoms. The first-order valence-corrected chi connectivity index (χ1v) is 18.7. The van der Waals surface area contributed by atoms with Crippen molar-refractivity contribution in [3.63, 3.8) is 0 Å². The maximum Gasteiger partial charge on any atom is 0.334 e. The van der Waals surface area contributed by atoms with Crippen LogP contribution in [0.1, 0.15) is 63.5 Å². The third-order valence-corrected chi connectivity index (χ3v) is 11.3. The van der Waals surface area contributed by atoms with E-state index in [2.05, 4.69) is 19.6 Å². The summed E-state index contributed by atoms with van der Waals surface area (Å²) in [6.45, 7) is 9.67. The second-order valence-electron chi connectivity index (χ2n) is 13.8. The van der Waals surface area contributed by atoms with Gasteiger partial charge in [-0.15, -0.1) is 0 Å². The van der Waals surface area contributed by atoms with Crippen molar-refractivity contribution >= 4 is 25.8 Å². The predicted octanol–water partition coefficient (Wildman–Crippen LogP) is 2.02. The number of nitrogens with two attached hydrogens (primary N) is 1. The Morgan fingerprint density at radius 2 is 1.76 bits per heavy atom.